The van der Waals surface area contributed by atoms with Crippen molar-refractivity contribution in [2.24, 2.45) is 7.05 Å². The molecule has 9 nitrogen and oxygen atoms in total. The smallest absolute Gasteiger partial charge is 0.322 e. The largest absolute Gasteiger partial charge is 0.424 e. The highest BCUT2D eigenvalue weighted by Crippen LogP contribution is 2.44. The average molecular weight is 564 g/mol. The molecule has 5 rings (SSSR count). The Morgan fingerprint density at radius 2 is 1.88 bits per heavy atom. The number of benzene rings is 2. The first-order valence-corrected chi connectivity index (χ1v) is 13.0. The molecule has 0 aliphatic rings. The van der Waals surface area contributed by atoms with Crippen LogP contribution in [0.4, 0.5) is 11.5 Å². The maximum atomic E-state index is 12.2. The minimum Gasteiger partial charge on any atom is -0.424 e. The number of nitrogen functional groups attached to an aromatic ring is 1. The van der Waals surface area contributed by atoms with E-state index >= 15 is 0 Å². The summed E-state index contributed by atoms with van der Waals surface area (Å²) in [7, 11) is 1.90. The molecule has 204 valence electrons. The molecule has 41 heavy (non-hydrogen) atoms. The summed E-state index contributed by atoms with van der Waals surface area (Å²) in [6.45, 7) is 9.10. The maximum Gasteiger partial charge on any atom is 0.322 e. The Morgan fingerprint density at radius 1 is 1.15 bits per heavy atom. The van der Waals surface area contributed by atoms with Crippen molar-refractivity contribution in [2.45, 2.75) is 20.8 Å². The summed E-state index contributed by atoms with van der Waals surface area (Å²) in [5.74, 6) is 0.598. The van der Waals surface area contributed by atoms with Gasteiger partial charge in [0.2, 0.25) is 0 Å². The number of rotatable bonds is 6. The van der Waals surface area contributed by atoms with Crippen LogP contribution in [0.15, 0.2) is 67.0 Å². The number of ether oxygens (including phenoxy) is 1. The highest BCUT2D eigenvalue weighted by molar-refractivity contribution is 6.31. The van der Waals surface area contributed by atoms with Gasteiger partial charge in [-0.25, -0.2) is 9.97 Å². The Morgan fingerprint density at radius 3 is 2.51 bits per heavy atom. The Hall–Kier alpha value is -5.20. The molecule has 3 N–H and O–H groups in total. The lowest BCUT2D eigenvalue weighted by Crippen LogP contribution is -2.11. The number of aromatic nitrogens is 4. The molecule has 10 heteroatoms. The second-order valence-corrected chi connectivity index (χ2v) is 10.1. The van der Waals surface area contributed by atoms with Gasteiger partial charge in [-0.2, -0.15) is 10.2 Å². The minimum absolute atomic E-state index is 0.187. The van der Waals surface area contributed by atoms with Crippen LogP contribution in [0, 0.1) is 25.2 Å². The zero-order valence-electron chi connectivity index (χ0n) is 22.9. The average Bonchev–Trinajstić information content (AvgIpc) is 3.25. The van der Waals surface area contributed by atoms with Crippen molar-refractivity contribution >= 4 is 39.9 Å². The molecule has 0 aliphatic heterocycles. The van der Waals surface area contributed by atoms with Crippen LogP contribution in [0.2, 0.25) is 5.02 Å². The summed E-state index contributed by atoms with van der Waals surface area (Å²) < 4.78 is 7.81. The van der Waals surface area contributed by atoms with E-state index in [1.807, 2.05) is 61.0 Å². The monoisotopic (exact) mass is 563 g/mol. The summed E-state index contributed by atoms with van der Waals surface area (Å²) in [5.41, 5.74) is 13.5. The molecule has 0 saturated carbocycles. The number of nitrogens with zero attached hydrogens (tertiary/aromatic N) is 5. The van der Waals surface area contributed by atoms with Gasteiger partial charge >= 0.3 is 6.01 Å². The van der Waals surface area contributed by atoms with E-state index in [1.54, 1.807) is 13.8 Å². The van der Waals surface area contributed by atoms with Crippen LogP contribution in [-0.4, -0.2) is 25.4 Å². The van der Waals surface area contributed by atoms with Gasteiger partial charge in [0.05, 0.1) is 39.1 Å². The van der Waals surface area contributed by atoms with Crippen molar-refractivity contribution < 1.29 is 9.53 Å². The molecule has 0 bridgehead atoms. The molecular formula is C31H26ClN7O2. The third kappa shape index (κ3) is 5.09. The van der Waals surface area contributed by atoms with Crippen LogP contribution < -0.4 is 15.8 Å². The molecule has 0 spiro atoms. The maximum absolute atomic E-state index is 12.2. The highest BCUT2D eigenvalue weighted by Gasteiger charge is 2.24. The number of nitriles is 1. The first-order valence-electron chi connectivity index (χ1n) is 12.6. The Labute approximate surface area is 241 Å². The van der Waals surface area contributed by atoms with Crippen LogP contribution in [0.5, 0.6) is 11.8 Å². The summed E-state index contributed by atoms with van der Waals surface area (Å²) in [5, 5.41) is 13.9. The van der Waals surface area contributed by atoms with Gasteiger partial charge in [0.15, 0.2) is 0 Å². The Bertz CT molecular complexity index is 1900. The van der Waals surface area contributed by atoms with Gasteiger partial charge in [0.1, 0.15) is 17.6 Å². The van der Waals surface area contributed by atoms with Gasteiger partial charge in [-0.1, -0.05) is 36.4 Å². The molecule has 0 radical (unpaired) electrons. The highest BCUT2D eigenvalue weighted by atomic mass is 35.5. The molecule has 0 aliphatic carbocycles. The van der Waals surface area contributed by atoms with Gasteiger partial charge in [-0.3, -0.25) is 4.79 Å². The summed E-state index contributed by atoms with van der Waals surface area (Å²) in [4.78, 5) is 24.9. The molecular weight excluding hydrogens is 538 g/mol. The standard InChI is InChI=1S/C31H26ClN7O2/c1-16(2)30(40)38-21-8-11-23(17(3)12-21)28-25(26-27(39(28)5)20(13-33)14-35-29(26)34)19-6-9-22(10-7-19)41-31-36-15-24(32)18(4)37-31/h6-12,14-15H,1H2,2-5H3,(H2,34,35)(H,38,40). The number of carbonyl (C=O) groups excluding carboxylic acids is 1. The van der Waals surface area contributed by atoms with Gasteiger partial charge in [-0.05, 0) is 56.2 Å². The zero-order chi connectivity index (χ0) is 29.4. The molecule has 0 unspecified atom stereocenters. The number of nitrogens with one attached hydrogen (secondary N) is 1. The Balaban J connectivity index is 1.66. The van der Waals surface area contributed by atoms with E-state index in [0.717, 1.165) is 27.9 Å². The number of anilines is 2. The van der Waals surface area contributed by atoms with Gasteiger partial charge < -0.3 is 20.4 Å². The van der Waals surface area contributed by atoms with Crippen LogP contribution in [-0.2, 0) is 11.8 Å². The minimum atomic E-state index is -0.249. The molecule has 3 heterocycles. The third-order valence-electron chi connectivity index (χ3n) is 6.74. The van der Waals surface area contributed by atoms with Crippen LogP contribution in [0.1, 0.15) is 23.7 Å². The fourth-order valence-electron chi connectivity index (χ4n) is 4.71. The van der Waals surface area contributed by atoms with E-state index in [9.17, 15) is 10.1 Å². The van der Waals surface area contributed by atoms with E-state index in [4.69, 9.17) is 22.1 Å². The first-order chi connectivity index (χ1) is 19.6. The fraction of sp³-hybridized carbons (Fsp3) is 0.129. The van der Waals surface area contributed by atoms with E-state index in [1.165, 1.54) is 12.4 Å². The van der Waals surface area contributed by atoms with Gasteiger partial charge in [0.25, 0.3) is 5.91 Å². The van der Waals surface area contributed by atoms with Crippen molar-refractivity contribution in [2.75, 3.05) is 11.1 Å². The second-order valence-electron chi connectivity index (χ2n) is 9.65. The summed E-state index contributed by atoms with van der Waals surface area (Å²) in [6, 6.07) is 15.5. The summed E-state index contributed by atoms with van der Waals surface area (Å²) in [6.07, 6.45) is 2.98. The Kier molecular flexibility index (Phi) is 7.18. The number of carbonyl (C=O) groups is 1. The number of pyridine rings is 1. The van der Waals surface area contributed by atoms with Crippen molar-refractivity contribution in [3.8, 4) is 40.2 Å². The third-order valence-corrected chi connectivity index (χ3v) is 7.11. The van der Waals surface area contributed by atoms with Crippen molar-refractivity contribution in [3.63, 3.8) is 0 Å². The molecule has 5 aromatic rings. The van der Waals surface area contributed by atoms with E-state index in [0.29, 0.717) is 50.0 Å². The summed E-state index contributed by atoms with van der Waals surface area (Å²) >= 11 is 6.04. The molecule has 1 amide bonds. The van der Waals surface area contributed by atoms with Crippen molar-refractivity contribution in [3.05, 3.63) is 88.9 Å². The lowest BCUT2D eigenvalue weighted by molar-refractivity contribution is -0.112. The van der Waals surface area contributed by atoms with Gasteiger partial charge in [-0.15, -0.1) is 0 Å². The molecule has 0 saturated heterocycles. The zero-order valence-corrected chi connectivity index (χ0v) is 23.7. The van der Waals surface area contributed by atoms with Crippen LogP contribution in [0.25, 0.3) is 33.3 Å². The van der Waals surface area contributed by atoms with Crippen molar-refractivity contribution in [1.29, 1.82) is 5.26 Å². The molecule has 0 atom stereocenters. The predicted octanol–water partition coefficient (Wildman–Crippen LogP) is 6.73. The number of halogens is 1. The van der Waals surface area contributed by atoms with Crippen molar-refractivity contribution in [1.82, 2.24) is 19.5 Å². The topological polar surface area (TPSA) is 132 Å². The van der Waals surface area contributed by atoms with Crippen LogP contribution >= 0.6 is 11.6 Å². The lowest BCUT2D eigenvalue weighted by atomic mass is 9.95. The normalized spacial score (nSPS) is 10.8. The molecule has 2 aromatic carbocycles. The molecule has 0 fully saturated rings. The van der Waals surface area contributed by atoms with Crippen LogP contribution in [0.3, 0.4) is 0 Å². The SMILES string of the molecule is C=C(C)C(=O)Nc1ccc(-c2c(-c3ccc(Oc4ncc(Cl)c(C)n4)cc3)c3c(N)ncc(C#N)c3n2C)c(C)c1. The van der Waals surface area contributed by atoms with E-state index < -0.39 is 0 Å². The first kappa shape index (κ1) is 27.4. The fourth-order valence-corrected chi connectivity index (χ4v) is 4.80. The molecule has 3 aromatic heterocycles. The second kappa shape index (κ2) is 10.8. The number of fused-ring (bicyclic) bond motifs is 1. The number of hydrogen-bond acceptors (Lipinski definition) is 7. The predicted molar refractivity (Wildman–Crippen MR) is 161 cm³/mol. The number of amides is 1. The number of aryl methyl sites for hydroxylation is 3. The lowest BCUT2D eigenvalue weighted by Gasteiger charge is -2.14. The number of hydrogen-bond donors (Lipinski definition) is 2. The van der Waals surface area contributed by atoms with E-state index in [2.05, 4.69) is 32.9 Å². The number of nitrogens with two attached hydrogens (primary N) is 1. The quantitative estimate of drug-likeness (QED) is 0.219. The van der Waals surface area contributed by atoms with E-state index in [-0.39, 0.29) is 11.9 Å². The van der Waals surface area contributed by atoms with Gasteiger partial charge in [0, 0.05) is 35.6 Å².